The first kappa shape index (κ1) is 18.2. The zero-order valence-electron chi connectivity index (χ0n) is 12.6. The molecule has 1 aromatic carbocycles. The first-order chi connectivity index (χ1) is 11.1. The van der Waals surface area contributed by atoms with E-state index in [-0.39, 0.29) is 12.5 Å². The number of nitrogens with one attached hydrogen (secondary N) is 1. The van der Waals surface area contributed by atoms with Gasteiger partial charge in [0.25, 0.3) is 5.91 Å². The summed E-state index contributed by atoms with van der Waals surface area (Å²) in [7, 11) is 0. The number of hydrogen-bond acceptors (Lipinski definition) is 5. The van der Waals surface area contributed by atoms with E-state index >= 15 is 0 Å². The van der Waals surface area contributed by atoms with E-state index in [1.807, 2.05) is 0 Å². The van der Waals surface area contributed by atoms with Crippen molar-refractivity contribution >= 4 is 49.9 Å². The Morgan fingerprint density at radius 1 is 1.39 bits per heavy atom. The van der Waals surface area contributed by atoms with Crippen LogP contribution in [0.2, 0.25) is 5.02 Å². The van der Waals surface area contributed by atoms with Gasteiger partial charge in [0.2, 0.25) is 5.13 Å². The van der Waals surface area contributed by atoms with Crippen molar-refractivity contribution in [1.82, 2.24) is 10.2 Å². The van der Waals surface area contributed by atoms with Crippen LogP contribution in [0.25, 0.3) is 0 Å². The fraction of sp³-hybridized carbons (Fsp3) is 0.400. The summed E-state index contributed by atoms with van der Waals surface area (Å²) in [5.74, 6) is 0.283. The maximum absolute atomic E-state index is 11.9. The van der Waals surface area contributed by atoms with E-state index in [2.05, 4.69) is 38.4 Å². The largest absolute Gasteiger partial charge is 0.483 e. The van der Waals surface area contributed by atoms with Crippen LogP contribution >= 0.6 is 38.9 Å². The minimum absolute atomic E-state index is 0.106. The lowest BCUT2D eigenvalue weighted by Gasteiger charge is -2.07. The van der Waals surface area contributed by atoms with Gasteiger partial charge >= 0.3 is 0 Å². The Morgan fingerprint density at radius 3 is 2.96 bits per heavy atom. The average Bonchev–Trinajstić information content (AvgIpc) is 2.94. The number of halogens is 2. The Labute approximate surface area is 152 Å². The van der Waals surface area contributed by atoms with Crippen LogP contribution in [-0.4, -0.2) is 22.7 Å². The summed E-state index contributed by atoms with van der Waals surface area (Å²) in [6, 6.07) is 5.12. The van der Waals surface area contributed by atoms with Gasteiger partial charge in [-0.15, -0.1) is 10.2 Å². The number of carbonyl (C=O) groups is 1. The smallest absolute Gasteiger partial charge is 0.264 e. The Balaban J connectivity index is 1.80. The topological polar surface area (TPSA) is 64.1 Å². The molecule has 0 spiro atoms. The molecule has 2 rings (SSSR count). The van der Waals surface area contributed by atoms with Crippen molar-refractivity contribution in [1.29, 1.82) is 0 Å². The Hall–Kier alpha value is -1.18. The highest BCUT2D eigenvalue weighted by Crippen LogP contribution is 2.28. The number of anilines is 1. The van der Waals surface area contributed by atoms with Crippen LogP contribution in [0.1, 0.15) is 31.2 Å². The number of ether oxygens (including phenoxy) is 1. The minimum atomic E-state index is -0.275. The van der Waals surface area contributed by atoms with Crippen LogP contribution in [0.15, 0.2) is 22.7 Å². The summed E-state index contributed by atoms with van der Waals surface area (Å²) in [5.41, 5.74) is 0. The van der Waals surface area contributed by atoms with Gasteiger partial charge in [0.1, 0.15) is 10.8 Å². The van der Waals surface area contributed by atoms with E-state index in [9.17, 15) is 4.79 Å². The molecule has 23 heavy (non-hydrogen) atoms. The molecule has 0 saturated heterocycles. The highest BCUT2D eigenvalue weighted by molar-refractivity contribution is 9.10. The highest BCUT2D eigenvalue weighted by atomic mass is 79.9. The fourth-order valence-electron chi connectivity index (χ4n) is 1.82. The van der Waals surface area contributed by atoms with Crippen LogP contribution < -0.4 is 10.1 Å². The van der Waals surface area contributed by atoms with Crippen molar-refractivity contribution in [2.75, 3.05) is 11.9 Å². The second kappa shape index (κ2) is 9.20. The van der Waals surface area contributed by atoms with Gasteiger partial charge in [-0.05, 0) is 40.5 Å². The first-order valence-corrected chi connectivity index (χ1v) is 9.27. The molecule has 0 bridgehead atoms. The van der Waals surface area contributed by atoms with Gasteiger partial charge < -0.3 is 4.74 Å². The van der Waals surface area contributed by atoms with E-state index in [1.165, 1.54) is 24.2 Å². The van der Waals surface area contributed by atoms with Crippen LogP contribution in [0.4, 0.5) is 5.13 Å². The maximum atomic E-state index is 11.9. The molecule has 0 aliphatic carbocycles. The molecule has 5 nitrogen and oxygen atoms in total. The minimum Gasteiger partial charge on any atom is -0.483 e. The SMILES string of the molecule is CCCCCc1nnc(NC(=O)COc2ccc(Cl)cc2Br)s1. The summed E-state index contributed by atoms with van der Waals surface area (Å²) in [4.78, 5) is 11.9. The molecule has 1 aromatic heterocycles. The van der Waals surface area contributed by atoms with E-state index < -0.39 is 0 Å². The first-order valence-electron chi connectivity index (χ1n) is 7.28. The molecule has 0 atom stereocenters. The van der Waals surface area contributed by atoms with E-state index in [0.717, 1.165) is 17.8 Å². The molecule has 0 aliphatic heterocycles. The summed E-state index contributed by atoms with van der Waals surface area (Å²) >= 11 is 10.6. The van der Waals surface area contributed by atoms with Gasteiger partial charge in [-0.3, -0.25) is 10.1 Å². The van der Waals surface area contributed by atoms with Crippen LogP contribution in [-0.2, 0) is 11.2 Å². The number of carbonyl (C=O) groups excluding carboxylic acids is 1. The average molecular weight is 419 g/mol. The number of unbranched alkanes of at least 4 members (excludes halogenated alkanes) is 2. The predicted octanol–water partition coefficient (Wildman–Crippen LogP) is 4.70. The number of amides is 1. The molecule has 8 heteroatoms. The van der Waals surface area contributed by atoms with E-state index in [1.54, 1.807) is 18.2 Å². The van der Waals surface area contributed by atoms with Gasteiger partial charge in [-0.25, -0.2) is 0 Å². The van der Waals surface area contributed by atoms with Crippen molar-refractivity contribution in [3.05, 3.63) is 32.7 Å². The van der Waals surface area contributed by atoms with Gasteiger partial charge in [-0.2, -0.15) is 0 Å². The molecule has 0 fully saturated rings. The summed E-state index contributed by atoms with van der Waals surface area (Å²) in [5, 5.41) is 12.8. The molecular formula is C15H17BrClN3O2S. The Kier molecular flexibility index (Phi) is 7.26. The Morgan fingerprint density at radius 2 is 2.22 bits per heavy atom. The summed E-state index contributed by atoms with van der Waals surface area (Å²) < 4.78 is 6.15. The molecule has 0 unspecified atom stereocenters. The number of aryl methyl sites for hydroxylation is 1. The Bertz CT molecular complexity index is 666. The third-order valence-electron chi connectivity index (χ3n) is 2.96. The third kappa shape index (κ3) is 6.08. The zero-order chi connectivity index (χ0) is 16.7. The second-order valence-electron chi connectivity index (χ2n) is 4.87. The van der Waals surface area contributed by atoms with Crippen molar-refractivity contribution < 1.29 is 9.53 Å². The molecule has 1 amide bonds. The van der Waals surface area contributed by atoms with Crippen molar-refractivity contribution in [3.63, 3.8) is 0 Å². The number of rotatable bonds is 8. The lowest BCUT2D eigenvalue weighted by molar-refractivity contribution is -0.118. The van der Waals surface area contributed by atoms with Crippen molar-refractivity contribution in [2.24, 2.45) is 0 Å². The van der Waals surface area contributed by atoms with Gasteiger partial charge in [0.15, 0.2) is 6.61 Å². The molecule has 2 aromatic rings. The third-order valence-corrected chi connectivity index (χ3v) is 4.71. The molecule has 0 saturated carbocycles. The van der Waals surface area contributed by atoms with E-state index in [0.29, 0.717) is 20.4 Å². The molecule has 1 N–H and O–H groups in total. The number of benzene rings is 1. The number of aromatic nitrogens is 2. The molecular weight excluding hydrogens is 402 g/mol. The highest BCUT2D eigenvalue weighted by Gasteiger charge is 2.10. The van der Waals surface area contributed by atoms with Gasteiger partial charge in [0, 0.05) is 11.4 Å². The fourth-order valence-corrected chi connectivity index (χ4v) is 3.42. The lowest BCUT2D eigenvalue weighted by Crippen LogP contribution is -2.20. The van der Waals surface area contributed by atoms with Crippen molar-refractivity contribution in [3.8, 4) is 5.75 Å². The molecule has 0 radical (unpaired) electrons. The molecule has 1 heterocycles. The van der Waals surface area contributed by atoms with E-state index in [4.69, 9.17) is 16.3 Å². The number of hydrogen-bond donors (Lipinski definition) is 1. The zero-order valence-corrected chi connectivity index (χ0v) is 15.8. The molecule has 124 valence electrons. The quantitative estimate of drug-likeness (QED) is 0.631. The summed E-state index contributed by atoms with van der Waals surface area (Å²) in [6.07, 6.45) is 4.33. The van der Waals surface area contributed by atoms with Crippen LogP contribution in [0.5, 0.6) is 5.75 Å². The van der Waals surface area contributed by atoms with Crippen LogP contribution in [0, 0.1) is 0 Å². The van der Waals surface area contributed by atoms with Crippen LogP contribution in [0.3, 0.4) is 0 Å². The van der Waals surface area contributed by atoms with Gasteiger partial charge in [0.05, 0.1) is 4.47 Å². The molecule has 0 aliphatic rings. The van der Waals surface area contributed by atoms with Crippen molar-refractivity contribution in [2.45, 2.75) is 32.6 Å². The normalized spacial score (nSPS) is 10.6. The number of nitrogens with zero attached hydrogens (tertiary/aromatic N) is 2. The summed E-state index contributed by atoms with van der Waals surface area (Å²) in [6.45, 7) is 2.05. The lowest BCUT2D eigenvalue weighted by atomic mass is 10.2. The monoisotopic (exact) mass is 417 g/mol. The predicted molar refractivity (Wildman–Crippen MR) is 96.4 cm³/mol. The maximum Gasteiger partial charge on any atom is 0.264 e. The second-order valence-corrected chi connectivity index (χ2v) is 7.22. The van der Waals surface area contributed by atoms with Gasteiger partial charge in [-0.1, -0.05) is 42.7 Å². The standard InChI is InChI=1S/C15H17BrClN3O2S/c1-2-3-4-5-14-19-20-15(23-14)18-13(21)9-22-12-7-6-10(17)8-11(12)16/h6-8H,2-5,9H2,1H3,(H,18,20,21).